The number of nitrogens with zero attached hydrogens (tertiary/aromatic N) is 2. The Bertz CT molecular complexity index is 658. The lowest BCUT2D eigenvalue weighted by Gasteiger charge is -2.25. The fourth-order valence-corrected chi connectivity index (χ4v) is 3.03. The second kappa shape index (κ2) is 10.2. The normalized spacial score (nSPS) is 11.3. The fraction of sp³-hybridized carbons (Fsp3) is 0.500. The van der Waals surface area contributed by atoms with Gasteiger partial charge in [-0.3, -0.25) is 9.69 Å². The molecule has 0 atom stereocenters. The largest absolute Gasteiger partial charge is 0.455 e. The van der Waals surface area contributed by atoms with Crippen molar-refractivity contribution in [3.05, 3.63) is 59.5 Å². The van der Waals surface area contributed by atoms with Gasteiger partial charge in [-0.15, -0.1) is 0 Å². The van der Waals surface area contributed by atoms with Gasteiger partial charge in [0.25, 0.3) is 5.91 Å². The monoisotopic (exact) mass is 356 g/mol. The van der Waals surface area contributed by atoms with E-state index < -0.39 is 0 Å². The van der Waals surface area contributed by atoms with Crippen molar-refractivity contribution in [3.63, 3.8) is 0 Å². The Morgan fingerprint density at radius 2 is 1.62 bits per heavy atom. The molecular weight excluding hydrogens is 324 g/mol. The van der Waals surface area contributed by atoms with Crippen LogP contribution in [0.5, 0.6) is 0 Å². The zero-order valence-corrected chi connectivity index (χ0v) is 16.6. The highest BCUT2D eigenvalue weighted by atomic mass is 16.4. The third-order valence-corrected chi connectivity index (χ3v) is 4.46. The average molecular weight is 357 g/mol. The summed E-state index contributed by atoms with van der Waals surface area (Å²) in [5, 5.41) is 0. The predicted molar refractivity (Wildman–Crippen MR) is 106 cm³/mol. The molecule has 0 aliphatic heterocycles. The molecule has 0 aliphatic carbocycles. The van der Waals surface area contributed by atoms with Crippen molar-refractivity contribution in [1.29, 1.82) is 0 Å². The molecule has 1 aromatic carbocycles. The van der Waals surface area contributed by atoms with E-state index in [2.05, 4.69) is 56.9 Å². The average Bonchev–Trinajstić information content (AvgIpc) is 3.10. The van der Waals surface area contributed by atoms with Gasteiger partial charge in [0.05, 0.1) is 6.54 Å². The quantitative estimate of drug-likeness (QED) is 0.604. The molecule has 0 radical (unpaired) electrons. The maximum absolute atomic E-state index is 12.7. The van der Waals surface area contributed by atoms with Gasteiger partial charge in [0.1, 0.15) is 5.76 Å². The van der Waals surface area contributed by atoms with Gasteiger partial charge in [-0.25, -0.2) is 0 Å². The Kier molecular flexibility index (Phi) is 7.92. The topological polar surface area (TPSA) is 36.7 Å². The minimum Gasteiger partial charge on any atom is -0.455 e. The molecule has 2 rings (SSSR count). The van der Waals surface area contributed by atoms with E-state index >= 15 is 0 Å². The molecule has 0 unspecified atom stereocenters. The van der Waals surface area contributed by atoms with Gasteiger partial charge < -0.3 is 9.32 Å². The molecule has 142 valence electrons. The maximum atomic E-state index is 12.7. The lowest BCUT2D eigenvalue weighted by Crippen LogP contribution is -2.32. The Morgan fingerprint density at radius 1 is 0.962 bits per heavy atom. The molecular formula is C22H32N2O2. The second-order valence-corrected chi connectivity index (χ2v) is 7.04. The predicted octanol–water partition coefficient (Wildman–Crippen LogP) is 4.95. The summed E-state index contributed by atoms with van der Waals surface area (Å²) in [5.74, 6) is 1.29. The Morgan fingerprint density at radius 3 is 2.19 bits per heavy atom. The first-order valence-corrected chi connectivity index (χ1v) is 9.71. The molecule has 1 heterocycles. The number of furan rings is 1. The van der Waals surface area contributed by atoms with Crippen LogP contribution in [0.3, 0.4) is 0 Å². The summed E-state index contributed by atoms with van der Waals surface area (Å²) in [5.41, 5.74) is 1.28. The van der Waals surface area contributed by atoms with Crippen LogP contribution in [-0.4, -0.2) is 34.8 Å². The summed E-state index contributed by atoms with van der Waals surface area (Å²) in [6.07, 6.45) is 1.91. The van der Waals surface area contributed by atoms with Crippen LogP contribution >= 0.6 is 0 Å². The fourth-order valence-electron chi connectivity index (χ4n) is 3.03. The molecule has 4 nitrogen and oxygen atoms in total. The zero-order chi connectivity index (χ0) is 18.9. The first kappa shape index (κ1) is 20.2. The van der Waals surface area contributed by atoms with Gasteiger partial charge in [0.2, 0.25) is 0 Å². The van der Waals surface area contributed by atoms with E-state index in [-0.39, 0.29) is 5.91 Å². The molecule has 0 bridgehead atoms. The van der Waals surface area contributed by atoms with Crippen molar-refractivity contribution in [2.75, 3.05) is 13.1 Å². The number of hydrogen-bond acceptors (Lipinski definition) is 3. The van der Waals surface area contributed by atoms with E-state index in [0.29, 0.717) is 18.3 Å². The number of benzene rings is 1. The Labute approximate surface area is 157 Å². The summed E-state index contributed by atoms with van der Waals surface area (Å²) in [7, 11) is 0. The standard InChI is InChI=1S/C22H32N2O2/c1-5-14-23(15-6-2)22(25)21-13-12-20(26-21)17-24(18(3)4)16-19-10-8-7-9-11-19/h7-13,18H,5-6,14-17H2,1-4H3. The minimum absolute atomic E-state index is 0.000827. The molecule has 4 heteroatoms. The Balaban J connectivity index is 2.06. The van der Waals surface area contributed by atoms with Crippen molar-refractivity contribution in [1.82, 2.24) is 9.80 Å². The Hall–Kier alpha value is -2.07. The SMILES string of the molecule is CCCN(CCC)C(=O)c1ccc(CN(Cc2ccccc2)C(C)C)o1. The molecule has 0 saturated heterocycles. The minimum atomic E-state index is -0.000827. The first-order valence-electron chi connectivity index (χ1n) is 9.71. The van der Waals surface area contributed by atoms with Gasteiger partial charge in [-0.1, -0.05) is 44.2 Å². The molecule has 0 fully saturated rings. The third-order valence-electron chi connectivity index (χ3n) is 4.46. The molecule has 1 aromatic heterocycles. The summed E-state index contributed by atoms with van der Waals surface area (Å²) >= 11 is 0. The number of carbonyl (C=O) groups is 1. The van der Waals surface area contributed by atoms with Crippen molar-refractivity contribution < 1.29 is 9.21 Å². The van der Waals surface area contributed by atoms with Gasteiger partial charge in [0.15, 0.2) is 5.76 Å². The third kappa shape index (κ3) is 5.73. The number of hydrogen-bond donors (Lipinski definition) is 0. The van der Waals surface area contributed by atoms with E-state index in [1.807, 2.05) is 23.1 Å². The van der Waals surface area contributed by atoms with Crippen LogP contribution in [0, 0.1) is 0 Å². The van der Waals surface area contributed by atoms with Crippen LogP contribution in [0.4, 0.5) is 0 Å². The maximum Gasteiger partial charge on any atom is 0.289 e. The van der Waals surface area contributed by atoms with Gasteiger partial charge in [0, 0.05) is 25.7 Å². The molecule has 0 spiro atoms. The molecule has 1 amide bonds. The summed E-state index contributed by atoms with van der Waals surface area (Å²) in [6, 6.07) is 14.6. The highest BCUT2D eigenvalue weighted by molar-refractivity contribution is 5.91. The van der Waals surface area contributed by atoms with Gasteiger partial charge >= 0.3 is 0 Å². The van der Waals surface area contributed by atoms with Crippen molar-refractivity contribution >= 4 is 5.91 Å². The van der Waals surface area contributed by atoms with Crippen molar-refractivity contribution in [2.45, 2.75) is 59.7 Å². The van der Waals surface area contributed by atoms with E-state index in [1.165, 1.54) is 5.56 Å². The van der Waals surface area contributed by atoms with Crippen LogP contribution in [0.15, 0.2) is 46.9 Å². The van der Waals surface area contributed by atoms with Crippen LogP contribution in [0.25, 0.3) is 0 Å². The zero-order valence-electron chi connectivity index (χ0n) is 16.6. The van der Waals surface area contributed by atoms with Crippen LogP contribution in [-0.2, 0) is 13.1 Å². The van der Waals surface area contributed by atoms with Gasteiger partial charge in [-0.05, 0) is 44.4 Å². The molecule has 2 aromatic rings. The molecule has 0 N–H and O–H groups in total. The van der Waals surface area contributed by atoms with E-state index in [1.54, 1.807) is 0 Å². The molecule has 0 aliphatic rings. The second-order valence-electron chi connectivity index (χ2n) is 7.04. The first-order chi connectivity index (χ1) is 12.5. The summed E-state index contributed by atoms with van der Waals surface area (Å²) in [4.78, 5) is 16.9. The molecule has 0 saturated carbocycles. The summed E-state index contributed by atoms with van der Waals surface area (Å²) < 4.78 is 5.90. The van der Waals surface area contributed by atoms with Crippen molar-refractivity contribution in [2.24, 2.45) is 0 Å². The van der Waals surface area contributed by atoms with E-state index in [4.69, 9.17) is 4.42 Å². The lowest BCUT2D eigenvalue weighted by atomic mass is 10.2. The van der Waals surface area contributed by atoms with E-state index in [0.717, 1.165) is 38.2 Å². The van der Waals surface area contributed by atoms with Gasteiger partial charge in [-0.2, -0.15) is 0 Å². The number of amides is 1. The van der Waals surface area contributed by atoms with Crippen LogP contribution in [0.1, 0.15) is 62.4 Å². The lowest BCUT2D eigenvalue weighted by molar-refractivity contribution is 0.0718. The number of carbonyl (C=O) groups excluding carboxylic acids is 1. The van der Waals surface area contributed by atoms with E-state index in [9.17, 15) is 4.79 Å². The van der Waals surface area contributed by atoms with Crippen LogP contribution < -0.4 is 0 Å². The summed E-state index contributed by atoms with van der Waals surface area (Å²) in [6.45, 7) is 11.6. The highest BCUT2D eigenvalue weighted by Crippen LogP contribution is 2.17. The smallest absolute Gasteiger partial charge is 0.289 e. The highest BCUT2D eigenvalue weighted by Gasteiger charge is 2.19. The van der Waals surface area contributed by atoms with Crippen molar-refractivity contribution in [3.8, 4) is 0 Å². The molecule has 26 heavy (non-hydrogen) atoms. The number of rotatable bonds is 10. The van der Waals surface area contributed by atoms with Crippen LogP contribution in [0.2, 0.25) is 0 Å².